The van der Waals surface area contributed by atoms with Crippen molar-refractivity contribution in [1.82, 2.24) is 9.55 Å². The van der Waals surface area contributed by atoms with Crippen LogP contribution in [-0.2, 0) is 4.79 Å². The Kier molecular flexibility index (Phi) is 5.30. The number of hydrogen-bond acceptors (Lipinski definition) is 3. The van der Waals surface area contributed by atoms with E-state index in [1.807, 2.05) is 18.2 Å². The number of anilines is 1. The van der Waals surface area contributed by atoms with Crippen LogP contribution in [0, 0.1) is 11.6 Å². The monoisotopic (exact) mass is 489 g/mol. The number of imidazole rings is 1. The number of fused-ring (bicyclic) bond motifs is 1. The zero-order valence-corrected chi connectivity index (χ0v) is 18.4. The fourth-order valence-electron chi connectivity index (χ4n) is 4.91. The number of carbonyl (C=O) groups excluding carboxylic acids is 1. The molecule has 8 heteroatoms. The third-order valence-electron chi connectivity index (χ3n) is 6.40. The molecule has 1 amide bonds. The van der Waals surface area contributed by atoms with Gasteiger partial charge in [0.15, 0.2) is 11.6 Å². The number of aliphatic hydroxyl groups is 1. The molecule has 0 unspecified atom stereocenters. The number of rotatable bonds is 3. The number of carbonyl (C=O) groups is 1. The summed E-state index contributed by atoms with van der Waals surface area (Å²) in [5.74, 6) is -1.29. The van der Waals surface area contributed by atoms with Gasteiger partial charge in [-0.2, -0.15) is 0 Å². The maximum Gasteiger partial charge on any atom is 0.227 e. The van der Waals surface area contributed by atoms with E-state index in [0.29, 0.717) is 18.5 Å². The molecule has 1 saturated heterocycles. The van der Waals surface area contributed by atoms with Crippen LogP contribution < -0.4 is 4.90 Å². The summed E-state index contributed by atoms with van der Waals surface area (Å²) in [5, 5.41) is 9.98. The molecular formula is C23H22BrF2N3O2. The Morgan fingerprint density at radius 3 is 2.52 bits per heavy atom. The van der Waals surface area contributed by atoms with Gasteiger partial charge < -0.3 is 14.6 Å². The smallest absolute Gasteiger partial charge is 0.227 e. The van der Waals surface area contributed by atoms with E-state index in [0.717, 1.165) is 59.1 Å². The molecule has 1 N–H and O–H groups in total. The summed E-state index contributed by atoms with van der Waals surface area (Å²) < 4.78 is 30.6. The molecule has 2 fully saturated rings. The van der Waals surface area contributed by atoms with Crippen LogP contribution in [-0.4, -0.2) is 26.7 Å². The van der Waals surface area contributed by atoms with E-state index >= 15 is 0 Å². The maximum absolute atomic E-state index is 13.9. The summed E-state index contributed by atoms with van der Waals surface area (Å²) >= 11 is 3.50. The number of aromatic nitrogens is 2. The van der Waals surface area contributed by atoms with Crippen LogP contribution in [0.2, 0.25) is 0 Å². The molecule has 3 aromatic rings. The standard InChI is InChI=1S/C23H22BrF2N3O2/c24-13-1-8-20-19(11-13)27-23(29(20)14-2-5-16(30)6-3-14)21-9-10-22(31)28(21)15-4-7-17(25)18(26)12-15/h1,4,7-8,11-12,14,16,21,30H,2-3,5-6,9-10H2/t14?,16?,21-/m0/s1. The van der Waals surface area contributed by atoms with E-state index in [-0.39, 0.29) is 24.1 Å². The highest BCUT2D eigenvalue weighted by atomic mass is 79.9. The maximum atomic E-state index is 13.9. The molecule has 2 aromatic carbocycles. The van der Waals surface area contributed by atoms with Gasteiger partial charge >= 0.3 is 0 Å². The van der Waals surface area contributed by atoms with E-state index in [1.54, 1.807) is 4.90 Å². The number of nitrogens with zero attached hydrogens (tertiary/aromatic N) is 3. The van der Waals surface area contributed by atoms with Crippen LogP contribution in [0.25, 0.3) is 11.0 Å². The quantitative estimate of drug-likeness (QED) is 0.534. The normalized spacial score (nSPS) is 24.3. The molecular weight excluding hydrogens is 468 g/mol. The molecule has 162 valence electrons. The van der Waals surface area contributed by atoms with Gasteiger partial charge in [0.25, 0.3) is 0 Å². The van der Waals surface area contributed by atoms with E-state index < -0.39 is 11.6 Å². The lowest BCUT2D eigenvalue weighted by atomic mass is 9.92. The average Bonchev–Trinajstić information content (AvgIpc) is 3.30. The van der Waals surface area contributed by atoms with Crippen molar-refractivity contribution in [3.8, 4) is 0 Å². The van der Waals surface area contributed by atoms with Gasteiger partial charge in [-0.1, -0.05) is 15.9 Å². The van der Waals surface area contributed by atoms with Crippen LogP contribution in [0.3, 0.4) is 0 Å². The van der Waals surface area contributed by atoms with Crippen LogP contribution >= 0.6 is 15.9 Å². The number of amides is 1. The zero-order valence-electron chi connectivity index (χ0n) is 16.8. The first-order valence-electron chi connectivity index (χ1n) is 10.5. The summed E-state index contributed by atoms with van der Waals surface area (Å²) in [4.78, 5) is 19.2. The fourth-order valence-corrected chi connectivity index (χ4v) is 5.26. The largest absolute Gasteiger partial charge is 0.393 e. The van der Waals surface area contributed by atoms with Gasteiger partial charge in [-0.05, 0) is 62.4 Å². The second-order valence-corrected chi connectivity index (χ2v) is 9.27. The Bertz CT molecular complexity index is 1160. The summed E-state index contributed by atoms with van der Waals surface area (Å²) in [6.45, 7) is 0. The molecule has 1 aliphatic heterocycles. The van der Waals surface area contributed by atoms with Crippen molar-refractivity contribution in [2.75, 3.05) is 4.90 Å². The number of hydrogen-bond donors (Lipinski definition) is 1. The Morgan fingerprint density at radius 2 is 1.77 bits per heavy atom. The van der Waals surface area contributed by atoms with Crippen LogP contribution in [0.1, 0.15) is 56.4 Å². The summed E-state index contributed by atoms with van der Waals surface area (Å²) in [5.41, 5.74) is 2.13. The van der Waals surface area contributed by atoms with E-state index in [2.05, 4.69) is 20.5 Å². The Labute approximate surface area is 186 Å². The minimum Gasteiger partial charge on any atom is -0.393 e. The van der Waals surface area contributed by atoms with Gasteiger partial charge in [-0.15, -0.1) is 0 Å². The number of aliphatic hydroxyl groups excluding tert-OH is 1. The predicted octanol–water partition coefficient (Wildman–Crippen LogP) is 5.42. The fraction of sp³-hybridized carbons (Fsp3) is 0.391. The zero-order chi connectivity index (χ0) is 21.7. The van der Waals surface area contributed by atoms with E-state index in [1.165, 1.54) is 6.07 Å². The molecule has 5 rings (SSSR count). The molecule has 1 atom stereocenters. The first-order chi connectivity index (χ1) is 14.9. The highest BCUT2D eigenvalue weighted by Gasteiger charge is 2.38. The second-order valence-electron chi connectivity index (χ2n) is 8.35. The summed E-state index contributed by atoms with van der Waals surface area (Å²) in [7, 11) is 0. The third-order valence-corrected chi connectivity index (χ3v) is 6.89. The topological polar surface area (TPSA) is 58.4 Å². The minimum absolute atomic E-state index is 0.130. The van der Waals surface area contributed by atoms with Crippen molar-refractivity contribution in [1.29, 1.82) is 0 Å². The van der Waals surface area contributed by atoms with Crippen molar-refractivity contribution in [2.24, 2.45) is 0 Å². The molecule has 1 aromatic heterocycles. The van der Waals surface area contributed by atoms with Gasteiger partial charge in [0.1, 0.15) is 5.82 Å². The highest BCUT2D eigenvalue weighted by molar-refractivity contribution is 9.10. The van der Waals surface area contributed by atoms with Gasteiger partial charge in [0.05, 0.1) is 23.2 Å². The van der Waals surface area contributed by atoms with E-state index in [9.17, 15) is 18.7 Å². The SMILES string of the molecule is O=C1CC[C@@H](c2nc3cc(Br)ccc3n2C2CCC(O)CC2)N1c1ccc(F)c(F)c1. The first-order valence-corrected chi connectivity index (χ1v) is 11.3. The Morgan fingerprint density at radius 1 is 1.00 bits per heavy atom. The van der Waals surface area contributed by atoms with Crippen molar-refractivity contribution in [2.45, 2.75) is 56.7 Å². The molecule has 0 bridgehead atoms. The molecule has 2 aliphatic rings. The van der Waals surface area contributed by atoms with E-state index in [4.69, 9.17) is 4.98 Å². The van der Waals surface area contributed by atoms with Crippen molar-refractivity contribution in [3.63, 3.8) is 0 Å². The van der Waals surface area contributed by atoms with Crippen LogP contribution in [0.4, 0.5) is 14.5 Å². The average molecular weight is 490 g/mol. The van der Waals surface area contributed by atoms with Gasteiger partial charge in [0, 0.05) is 28.7 Å². The number of benzene rings is 2. The summed E-state index contributed by atoms with van der Waals surface area (Å²) in [6, 6.07) is 9.29. The van der Waals surface area contributed by atoms with Crippen LogP contribution in [0.15, 0.2) is 40.9 Å². The first kappa shape index (κ1) is 20.6. The van der Waals surface area contributed by atoms with Gasteiger partial charge in [-0.25, -0.2) is 13.8 Å². The van der Waals surface area contributed by atoms with Crippen molar-refractivity contribution in [3.05, 3.63) is 58.3 Å². The Hall–Kier alpha value is -2.32. The molecule has 5 nitrogen and oxygen atoms in total. The molecule has 2 heterocycles. The summed E-state index contributed by atoms with van der Waals surface area (Å²) in [6.07, 6.45) is 3.67. The second kappa shape index (κ2) is 7.98. The van der Waals surface area contributed by atoms with Crippen molar-refractivity contribution < 1.29 is 18.7 Å². The number of halogens is 3. The predicted molar refractivity (Wildman–Crippen MR) is 117 cm³/mol. The molecule has 1 aliphatic carbocycles. The molecule has 1 saturated carbocycles. The highest BCUT2D eigenvalue weighted by Crippen LogP contribution is 2.41. The lowest BCUT2D eigenvalue weighted by molar-refractivity contribution is -0.117. The lowest BCUT2D eigenvalue weighted by Gasteiger charge is -2.31. The minimum atomic E-state index is -0.977. The lowest BCUT2D eigenvalue weighted by Crippen LogP contribution is -2.31. The Balaban J connectivity index is 1.63. The van der Waals surface area contributed by atoms with Crippen LogP contribution in [0.5, 0.6) is 0 Å². The molecule has 0 spiro atoms. The van der Waals surface area contributed by atoms with Gasteiger partial charge in [-0.3, -0.25) is 4.79 Å². The molecule has 0 radical (unpaired) electrons. The van der Waals surface area contributed by atoms with Crippen molar-refractivity contribution >= 4 is 38.6 Å². The molecule has 31 heavy (non-hydrogen) atoms. The third kappa shape index (κ3) is 3.65. The van der Waals surface area contributed by atoms with Gasteiger partial charge in [0.2, 0.25) is 5.91 Å².